The van der Waals surface area contributed by atoms with Crippen molar-refractivity contribution in [2.75, 3.05) is 24.7 Å². The van der Waals surface area contributed by atoms with E-state index in [2.05, 4.69) is 27.7 Å². The van der Waals surface area contributed by atoms with Gasteiger partial charge in [-0.2, -0.15) is 11.8 Å². The highest BCUT2D eigenvalue weighted by Crippen LogP contribution is 2.39. The first-order chi connectivity index (χ1) is 12.7. The Morgan fingerprint density at radius 3 is 1.52 bits per heavy atom. The van der Waals surface area contributed by atoms with Gasteiger partial charge >= 0.3 is 11.9 Å². The van der Waals surface area contributed by atoms with Gasteiger partial charge in [0.25, 0.3) is 0 Å². The van der Waals surface area contributed by atoms with E-state index < -0.39 is 0 Å². The molecule has 0 amide bonds. The Balaban J connectivity index is 1.49. The maximum atomic E-state index is 11.8. The average Bonchev–Trinajstić information content (AvgIpc) is 3.22. The van der Waals surface area contributed by atoms with E-state index in [1.165, 1.54) is 37.2 Å². The fourth-order valence-corrected chi connectivity index (χ4v) is 5.45. The lowest BCUT2D eigenvalue weighted by Gasteiger charge is -2.29. The summed E-state index contributed by atoms with van der Waals surface area (Å²) in [6, 6.07) is 0. The Kier molecular flexibility index (Phi) is 8.51. The van der Waals surface area contributed by atoms with Gasteiger partial charge in [0.15, 0.2) is 0 Å². The minimum Gasteiger partial charge on any atom is -0.465 e. The molecule has 2 aliphatic rings. The number of carbonyl (C=O) groups is 2. The molecule has 0 aromatic rings. The van der Waals surface area contributed by atoms with E-state index in [1.807, 2.05) is 11.8 Å². The summed E-state index contributed by atoms with van der Waals surface area (Å²) in [5, 5.41) is 0. The predicted molar refractivity (Wildman–Crippen MR) is 111 cm³/mol. The van der Waals surface area contributed by atoms with Crippen LogP contribution in [0.25, 0.3) is 0 Å². The Bertz CT molecular complexity index is 457. The van der Waals surface area contributed by atoms with Crippen molar-refractivity contribution >= 4 is 23.7 Å². The van der Waals surface area contributed by atoms with Crippen molar-refractivity contribution in [2.24, 2.45) is 22.7 Å². The smallest absolute Gasteiger partial charge is 0.309 e. The van der Waals surface area contributed by atoms with Crippen molar-refractivity contribution in [2.45, 2.75) is 79.1 Å². The largest absolute Gasteiger partial charge is 0.465 e. The molecule has 0 aromatic heterocycles. The highest BCUT2D eigenvalue weighted by molar-refractivity contribution is 7.99. The molecular weight excluding hydrogens is 360 g/mol. The number of hydrogen-bond acceptors (Lipinski definition) is 5. The van der Waals surface area contributed by atoms with E-state index in [0.29, 0.717) is 13.2 Å². The number of hydrogen-bond donors (Lipinski definition) is 0. The number of carbonyl (C=O) groups excluding carboxylic acids is 2. The van der Waals surface area contributed by atoms with Crippen molar-refractivity contribution in [1.82, 2.24) is 0 Å². The first kappa shape index (κ1) is 22.6. The maximum Gasteiger partial charge on any atom is 0.309 e. The third-order valence-electron chi connectivity index (χ3n) is 6.48. The Morgan fingerprint density at radius 1 is 0.778 bits per heavy atom. The summed E-state index contributed by atoms with van der Waals surface area (Å²) in [5.41, 5.74) is 0.121. The Morgan fingerprint density at radius 2 is 1.19 bits per heavy atom. The van der Waals surface area contributed by atoms with Crippen molar-refractivity contribution in [3.8, 4) is 0 Å². The molecule has 2 unspecified atom stereocenters. The van der Waals surface area contributed by atoms with Crippen LogP contribution in [-0.2, 0) is 19.1 Å². The molecule has 2 heterocycles. The zero-order valence-corrected chi connectivity index (χ0v) is 18.5. The van der Waals surface area contributed by atoms with Crippen LogP contribution >= 0.6 is 11.8 Å². The molecule has 0 N–H and O–H groups in total. The number of unbranched alkanes of at least 4 members (excludes halogenated alkanes) is 2. The van der Waals surface area contributed by atoms with Crippen LogP contribution in [0.3, 0.4) is 0 Å². The molecule has 2 atom stereocenters. The summed E-state index contributed by atoms with van der Waals surface area (Å²) in [5.74, 6) is 2.58. The van der Waals surface area contributed by atoms with Crippen LogP contribution < -0.4 is 0 Å². The van der Waals surface area contributed by atoms with Crippen molar-refractivity contribution < 1.29 is 19.1 Å². The van der Waals surface area contributed by atoms with Crippen molar-refractivity contribution in [3.05, 3.63) is 0 Å². The molecule has 2 rings (SSSR count). The van der Waals surface area contributed by atoms with Gasteiger partial charge in [-0.1, -0.05) is 40.5 Å². The molecule has 2 saturated heterocycles. The molecule has 156 valence electrons. The van der Waals surface area contributed by atoms with Gasteiger partial charge in [0.2, 0.25) is 0 Å². The van der Waals surface area contributed by atoms with E-state index in [-0.39, 0.29) is 34.6 Å². The van der Waals surface area contributed by atoms with Gasteiger partial charge in [-0.15, -0.1) is 0 Å². The average molecular weight is 399 g/mol. The molecule has 0 saturated carbocycles. The fraction of sp³-hybridized carbons (Fsp3) is 0.909. The lowest BCUT2D eigenvalue weighted by atomic mass is 9.74. The quantitative estimate of drug-likeness (QED) is 0.332. The summed E-state index contributed by atoms with van der Waals surface area (Å²) < 4.78 is 10.3. The van der Waals surface area contributed by atoms with Crippen molar-refractivity contribution in [1.29, 1.82) is 0 Å². The van der Waals surface area contributed by atoms with Gasteiger partial charge in [-0.05, 0) is 60.9 Å². The first-order valence-corrected chi connectivity index (χ1v) is 11.8. The molecule has 27 heavy (non-hydrogen) atoms. The van der Waals surface area contributed by atoms with E-state index in [4.69, 9.17) is 9.47 Å². The Hall–Kier alpha value is -0.710. The van der Waals surface area contributed by atoms with Crippen LogP contribution in [0.5, 0.6) is 0 Å². The number of ether oxygens (including phenoxy) is 2. The van der Waals surface area contributed by atoms with Gasteiger partial charge in [0.05, 0.1) is 25.0 Å². The van der Waals surface area contributed by atoms with Crippen LogP contribution in [0, 0.1) is 22.7 Å². The lowest BCUT2D eigenvalue weighted by Crippen LogP contribution is -2.27. The topological polar surface area (TPSA) is 52.6 Å². The zero-order chi connectivity index (χ0) is 19.9. The van der Waals surface area contributed by atoms with Gasteiger partial charge in [0.1, 0.15) is 0 Å². The predicted octanol–water partition coefficient (Wildman–Crippen LogP) is 5.24. The van der Waals surface area contributed by atoms with Crippen molar-refractivity contribution in [3.63, 3.8) is 0 Å². The van der Waals surface area contributed by atoms with Crippen LogP contribution in [0.15, 0.2) is 0 Å². The maximum absolute atomic E-state index is 11.8. The summed E-state index contributed by atoms with van der Waals surface area (Å²) in [6.07, 6.45) is 8.76. The molecule has 0 spiro atoms. The molecule has 0 aliphatic carbocycles. The number of esters is 2. The zero-order valence-electron chi connectivity index (χ0n) is 17.7. The second-order valence-electron chi connectivity index (χ2n) is 9.52. The second-order valence-corrected chi connectivity index (χ2v) is 10.7. The lowest BCUT2D eigenvalue weighted by molar-refractivity contribution is -0.145. The van der Waals surface area contributed by atoms with Crippen LogP contribution in [-0.4, -0.2) is 36.7 Å². The second kappa shape index (κ2) is 10.2. The van der Waals surface area contributed by atoms with E-state index in [1.54, 1.807) is 0 Å². The summed E-state index contributed by atoms with van der Waals surface area (Å²) in [6.45, 7) is 10.0. The summed E-state index contributed by atoms with van der Waals surface area (Å²) >= 11 is 2.04. The van der Waals surface area contributed by atoms with E-state index in [9.17, 15) is 9.59 Å². The number of thioether (sulfide) groups is 1. The van der Waals surface area contributed by atoms with Crippen LogP contribution in [0.2, 0.25) is 0 Å². The fourth-order valence-electron chi connectivity index (χ4n) is 4.43. The third-order valence-corrected chi connectivity index (χ3v) is 7.63. The SMILES string of the molecule is CC(C)(CCCCSCCCCC(C)(C)C1CCOC1=O)C1CCOC1=O. The summed E-state index contributed by atoms with van der Waals surface area (Å²) in [4.78, 5) is 23.6. The number of rotatable bonds is 12. The standard InChI is InChI=1S/C22H38O4S/c1-21(2,17-9-13-25-19(17)23)11-5-7-15-27-16-8-6-12-22(3,4)18-10-14-26-20(18)24/h17-18H,5-16H2,1-4H3. The third kappa shape index (κ3) is 6.69. The minimum atomic E-state index is 0.00293. The normalized spacial score (nSPS) is 23.6. The van der Waals surface area contributed by atoms with Crippen LogP contribution in [0.4, 0.5) is 0 Å². The van der Waals surface area contributed by atoms with Gasteiger partial charge in [0, 0.05) is 0 Å². The molecule has 0 radical (unpaired) electrons. The summed E-state index contributed by atoms with van der Waals surface area (Å²) in [7, 11) is 0. The van der Waals surface area contributed by atoms with E-state index >= 15 is 0 Å². The molecular formula is C22H38O4S. The molecule has 5 heteroatoms. The molecule has 2 fully saturated rings. The Labute approximate surface area is 169 Å². The van der Waals surface area contributed by atoms with Gasteiger partial charge in [-0.25, -0.2) is 0 Å². The van der Waals surface area contributed by atoms with Gasteiger partial charge < -0.3 is 9.47 Å². The molecule has 0 bridgehead atoms. The number of cyclic esters (lactones) is 2. The molecule has 0 aromatic carbocycles. The monoisotopic (exact) mass is 398 g/mol. The van der Waals surface area contributed by atoms with Gasteiger partial charge in [-0.3, -0.25) is 9.59 Å². The molecule has 2 aliphatic heterocycles. The van der Waals surface area contributed by atoms with E-state index in [0.717, 1.165) is 25.7 Å². The van der Waals surface area contributed by atoms with Crippen LogP contribution in [0.1, 0.15) is 79.1 Å². The minimum absolute atomic E-state index is 0.00293. The highest BCUT2D eigenvalue weighted by Gasteiger charge is 2.40. The first-order valence-electron chi connectivity index (χ1n) is 10.6. The highest BCUT2D eigenvalue weighted by atomic mass is 32.2. The molecule has 4 nitrogen and oxygen atoms in total.